The van der Waals surface area contributed by atoms with E-state index in [1.165, 1.54) is 12.1 Å². The van der Waals surface area contributed by atoms with Gasteiger partial charge in [-0.1, -0.05) is 12.1 Å². The summed E-state index contributed by atoms with van der Waals surface area (Å²) in [6.07, 6.45) is 1.64. The fraction of sp³-hybridized carbons (Fsp3) is 0.158. The number of ether oxygens (including phenoxy) is 1. The van der Waals surface area contributed by atoms with E-state index in [1.54, 1.807) is 18.2 Å². The van der Waals surface area contributed by atoms with E-state index in [2.05, 4.69) is 50.5 Å². The van der Waals surface area contributed by atoms with Crippen LogP contribution in [-0.4, -0.2) is 23.4 Å². The summed E-state index contributed by atoms with van der Waals surface area (Å²) >= 11 is 4.36. The van der Waals surface area contributed by atoms with Gasteiger partial charge in [0.05, 0.1) is 20.3 Å². The Morgan fingerprint density at radius 3 is 2.37 bits per heavy atom. The number of hydrogen-bond donors (Lipinski definition) is 1. The van der Waals surface area contributed by atoms with Crippen molar-refractivity contribution in [2.75, 3.05) is 6.61 Å². The van der Waals surface area contributed by atoms with Gasteiger partial charge in [0.15, 0.2) is 0 Å². The normalized spacial score (nSPS) is 15.4. The van der Waals surface area contributed by atoms with Crippen LogP contribution in [-0.2, 0) is 11.3 Å². The van der Waals surface area contributed by atoms with Crippen molar-refractivity contribution < 1.29 is 18.7 Å². The predicted octanol–water partition coefficient (Wildman–Crippen LogP) is 4.53. The van der Waals surface area contributed by atoms with Crippen molar-refractivity contribution in [1.29, 1.82) is 0 Å². The summed E-state index contributed by atoms with van der Waals surface area (Å²) < 4.78 is 20.5. The summed E-state index contributed by atoms with van der Waals surface area (Å²) in [5, 5.41) is 2.60. The van der Waals surface area contributed by atoms with Gasteiger partial charge in [-0.15, -0.1) is 0 Å². The highest BCUT2D eigenvalue weighted by atomic mass is 127. The van der Waals surface area contributed by atoms with E-state index in [-0.39, 0.29) is 18.1 Å². The Morgan fingerprint density at radius 1 is 1.15 bits per heavy atom. The van der Waals surface area contributed by atoms with E-state index in [9.17, 15) is 14.0 Å². The molecule has 0 aromatic heterocycles. The molecule has 2 aromatic carbocycles. The number of imide groups is 1. The zero-order valence-corrected chi connectivity index (χ0v) is 18.6. The number of carbonyl (C=O) groups is 2. The first-order valence-electron chi connectivity index (χ1n) is 8.10. The number of benzene rings is 2. The standard InChI is InChI=1S/C19H15FI2N2O3/c1-2-27-17-14(21)7-12(8-15(17)22)9-16-18(25)24(19(26)23-16)10-11-3-5-13(20)6-4-11/h3-9H,2,10H2,1H3,(H,23,26)/b16-9+. The maximum Gasteiger partial charge on any atom is 0.329 e. The van der Waals surface area contributed by atoms with Gasteiger partial charge in [0.1, 0.15) is 17.3 Å². The van der Waals surface area contributed by atoms with Crippen LogP contribution in [0.15, 0.2) is 42.1 Å². The van der Waals surface area contributed by atoms with Crippen molar-refractivity contribution in [2.45, 2.75) is 13.5 Å². The maximum absolute atomic E-state index is 13.0. The van der Waals surface area contributed by atoms with E-state index in [0.29, 0.717) is 12.2 Å². The summed E-state index contributed by atoms with van der Waals surface area (Å²) in [7, 11) is 0. The van der Waals surface area contributed by atoms with Crippen LogP contribution in [0.4, 0.5) is 9.18 Å². The minimum atomic E-state index is -0.495. The fourth-order valence-corrected chi connectivity index (χ4v) is 4.73. The molecule has 1 N–H and O–H groups in total. The van der Waals surface area contributed by atoms with Crippen molar-refractivity contribution in [3.8, 4) is 5.75 Å². The third-order valence-electron chi connectivity index (χ3n) is 3.84. The van der Waals surface area contributed by atoms with Crippen LogP contribution in [0.1, 0.15) is 18.1 Å². The molecule has 27 heavy (non-hydrogen) atoms. The molecule has 0 aliphatic carbocycles. The highest BCUT2D eigenvalue weighted by molar-refractivity contribution is 14.1. The van der Waals surface area contributed by atoms with Crippen LogP contribution < -0.4 is 10.1 Å². The lowest BCUT2D eigenvalue weighted by molar-refractivity contribution is -0.123. The van der Waals surface area contributed by atoms with Crippen molar-refractivity contribution in [3.63, 3.8) is 0 Å². The van der Waals surface area contributed by atoms with Crippen LogP contribution in [0.3, 0.4) is 0 Å². The van der Waals surface area contributed by atoms with Crippen LogP contribution in [0.25, 0.3) is 6.08 Å². The second-order valence-corrected chi connectivity index (χ2v) is 8.08. The molecule has 0 saturated carbocycles. The van der Waals surface area contributed by atoms with Crippen LogP contribution in [0.5, 0.6) is 5.75 Å². The second kappa shape index (κ2) is 8.55. The number of urea groups is 1. The average molecular weight is 592 g/mol. The molecule has 1 saturated heterocycles. The number of carbonyl (C=O) groups excluding carboxylic acids is 2. The van der Waals surface area contributed by atoms with Gasteiger partial charge in [-0.3, -0.25) is 9.69 Å². The Morgan fingerprint density at radius 2 is 1.78 bits per heavy atom. The van der Waals surface area contributed by atoms with Crippen molar-refractivity contribution >= 4 is 63.2 Å². The summed E-state index contributed by atoms with van der Waals surface area (Å²) in [6.45, 7) is 2.57. The first kappa shape index (κ1) is 20.1. The van der Waals surface area contributed by atoms with Gasteiger partial charge in [-0.2, -0.15) is 0 Å². The Hall–Kier alpha value is -1.69. The quantitative estimate of drug-likeness (QED) is 0.316. The molecule has 0 atom stereocenters. The van der Waals surface area contributed by atoms with E-state index >= 15 is 0 Å². The lowest BCUT2D eigenvalue weighted by Gasteiger charge is -2.11. The molecule has 8 heteroatoms. The molecule has 1 fully saturated rings. The number of rotatable bonds is 5. The van der Waals surface area contributed by atoms with Gasteiger partial charge < -0.3 is 10.1 Å². The monoisotopic (exact) mass is 592 g/mol. The molecule has 0 radical (unpaired) electrons. The maximum atomic E-state index is 13.0. The Balaban J connectivity index is 1.82. The summed E-state index contributed by atoms with van der Waals surface area (Å²) in [4.78, 5) is 25.9. The zero-order valence-electron chi connectivity index (χ0n) is 14.3. The number of hydrogen-bond acceptors (Lipinski definition) is 3. The number of nitrogens with zero attached hydrogens (tertiary/aromatic N) is 1. The molecular weight excluding hydrogens is 577 g/mol. The Labute approximate surface area is 183 Å². The van der Waals surface area contributed by atoms with Gasteiger partial charge in [-0.25, -0.2) is 9.18 Å². The highest BCUT2D eigenvalue weighted by Crippen LogP contribution is 2.30. The van der Waals surface area contributed by atoms with Gasteiger partial charge in [-0.05, 0) is 93.6 Å². The summed E-state index contributed by atoms with van der Waals surface area (Å²) in [6, 6.07) is 8.99. The molecule has 3 amide bonds. The Kier molecular flexibility index (Phi) is 6.35. The summed E-state index contributed by atoms with van der Waals surface area (Å²) in [5.41, 5.74) is 1.67. The number of amides is 3. The lowest BCUT2D eigenvalue weighted by atomic mass is 10.1. The number of nitrogens with one attached hydrogen (secondary N) is 1. The van der Waals surface area contributed by atoms with Gasteiger partial charge in [0.25, 0.3) is 5.91 Å². The average Bonchev–Trinajstić information content (AvgIpc) is 2.87. The third-order valence-corrected chi connectivity index (χ3v) is 5.44. The van der Waals surface area contributed by atoms with Crippen molar-refractivity contribution in [2.24, 2.45) is 0 Å². The molecular formula is C19H15FI2N2O3. The molecule has 0 spiro atoms. The summed E-state index contributed by atoms with van der Waals surface area (Å²) in [5.74, 6) is 0.0278. The van der Waals surface area contributed by atoms with E-state index in [1.807, 2.05) is 19.1 Å². The van der Waals surface area contributed by atoms with E-state index in [4.69, 9.17) is 4.74 Å². The van der Waals surface area contributed by atoms with Gasteiger partial charge >= 0.3 is 6.03 Å². The van der Waals surface area contributed by atoms with Crippen LogP contribution >= 0.6 is 45.2 Å². The van der Waals surface area contributed by atoms with Gasteiger partial charge in [0, 0.05) is 0 Å². The number of halogens is 3. The molecule has 2 aromatic rings. The topological polar surface area (TPSA) is 58.6 Å². The first-order chi connectivity index (χ1) is 12.9. The van der Waals surface area contributed by atoms with Gasteiger partial charge in [0.2, 0.25) is 0 Å². The molecule has 140 valence electrons. The van der Waals surface area contributed by atoms with Crippen LogP contribution in [0, 0.1) is 13.0 Å². The third kappa shape index (κ3) is 4.60. The molecule has 1 aliphatic heterocycles. The molecule has 0 unspecified atom stereocenters. The van der Waals surface area contributed by atoms with E-state index in [0.717, 1.165) is 23.4 Å². The smallest absolute Gasteiger partial charge is 0.329 e. The first-order valence-corrected chi connectivity index (χ1v) is 10.3. The van der Waals surface area contributed by atoms with Crippen LogP contribution in [0.2, 0.25) is 0 Å². The van der Waals surface area contributed by atoms with E-state index < -0.39 is 11.9 Å². The van der Waals surface area contributed by atoms with Crippen molar-refractivity contribution in [1.82, 2.24) is 10.2 Å². The zero-order chi connectivity index (χ0) is 19.6. The Bertz CT molecular complexity index is 906. The minimum Gasteiger partial charge on any atom is -0.492 e. The predicted molar refractivity (Wildman–Crippen MR) is 117 cm³/mol. The minimum absolute atomic E-state index is 0.0840. The molecule has 1 aliphatic rings. The fourth-order valence-electron chi connectivity index (χ4n) is 2.60. The van der Waals surface area contributed by atoms with Crippen molar-refractivity contribution in [3.05, 3.63) is 66.2 Å². The lowest BCUT2D eigenvalue weighted by Crippen LogP contribution is -2.30. The molecule has 0 bridgehead atoms. The largest absolute Gasteiger partial charge is 0.492 e. The second-order valence-electron chi connectivity index (χ2n) is 5.75. The highest BCUT2D eigenvalue weighted by Gasteiger charge is 2.33. The SMILES string of the molecule is CCOc1c(I)cc(/C=C2/NC(=O)N(Cc3ccc(F)cc3)C2=O)cc1I. The molecule has 1 heterocycles. The molecule has 5 nitrogen and oxygen atoms in total. The molecule has 3 rings (SSSR count).